The Labute approximate surface area is 153 Å². The van der Waals surface area contributed by atoms with Crippen molar-refractivity contribution in [3.8, 4) is 0 Å². The predicted octanol–water partition coefficient (Wildman–Crippen LogP) is 4.32. The molecule has 0 saturated carbocycles. The van der Waals surface area contributed by atoms with E-state index < -0.39 is 0 Å². The van der Waals surface area contributed by atoms with Crippen LogP contribution >= 0.6 is 11.6 Å². The third-order valence-corrected chi connectivity index (χ3v) is 4.79. The zero-order chi connectivity index (χ0) is 18.0. The normalized spacial score (nSPS) is 15.0. The summed E-state index contributed by atoms with van der Waals surface area (Å²) in [6.45, 7) is 6.82. The van der Waals surface area contributed by atoms with E-state index >= 15 is 0 Å². The Morgan fingerprint density at radius 3 is 2.84 bits per heavy atom. The van der Waals surface area contributed by atoms with Gasteiger partial charge in [-0.05, 0) is 37.0 Å². The van der Waals surface area contributed by atoms with E-state index in [4.69, 9.17) is 16.1 Å². The van der Waals surface area contributed by atoms with Crippen LogP contribution in [0.2, 0.25) is 5.02 Å². The van der Waals surface area contributed by atoms with Crippen molar-refractivity contribution >= 4 is 23.2 Å². The largest absolute Gasteiger partial charge is 0.339 e. The van der Waals surface area contributed by atoms with Crippen molar-refractivity contribution in [3.63, 3.8) is 0 Å². The number of carbonyl (C=O) groups is 1. The van der Waals surface area contributed by atoms with Gasteiger partial charge in [0.05, 0.1) is 0 Å². The molecule has 0 radical (unpaired) electrons. The second-order valence-electron chi connectivity index (χ2n) is 7.50. The highest BCUT2D eigenvalue weighted by Gasteiger charge is 2.24. The number of halogens is 1. The van der Waals surface area contributed by atoms with E-state index in [1.54, 1.807) is 0 Å². The molecule has 5 nitrogen and oxygen atoms in total. The molecular weight excluding hydrogens is 338 g/mol. The summed E-state index contributed by atoms with van der Waals surface area (Å²) in [6.07, 6.45) is 3.73. The summed E-state index contributed by atoms with van der Waals surface area (Å²) >= 11 is 6.33. The van der Waals surface area contributed by atoms with Gasteiger partial charge in [-0.25, -0.2) is 0 Å². The third-order valence-electron chi connectivity index (χ3n) is 4.44. The number of hydrogen-bond acceptors (Lipinski definition) is 4. The zero-order valence-electron chi connectivity index (χ0n) is 15.0. The van der Waals surface area contributed by atoms with Crippen LogP contribution in [0.5, 0.6) is 0 Å². The first-order valence-corrected chi connectivity index (χ1v) is 9.15. The van der Waals surface area contributed by atoms with Crippen LogP contribution in [0.1, 0.15) is 57.3 Å². The standard InChI is InChI=1S/C19H24ClN3O2/c1-19(2,3)18-21-16(25-22-18)10-11-17(24)23-12-5-4-7-13-14(20)8-6-9-15(13)23/h6,8-9H,4-5,7,10-12H2,1-3H3. The number of carbonyl (C=O) groups excluding carboxylic acids is 1. The molecule has 1 aromatic heterocycles. The molecule has 1 amide bonds. The molecule has 0 unspecified atom stereocenters. The van der Waals surface area contributed by atoms with Gasteiger partial charge in [-0.2, -0.15) is 4.98 Å². The molecule has 1 aliphatic heterocycles. The summed E-state index contributed by atoms with van der Waals surface area (Å²) in [7, 11) is 0. The van der Waals surface area contributed by atoms with E-state index in [9.17, 15) is 4.79 Å². The van der Waals surface area contributed by atoms with E-state index in [2.05, 4.69) is 10.1 Å². The molecule has 0 bridgehead atoms. The maximum absolute atomic E-state index is 12.8. The van der Waals surface area contributed by atoms with Gasteiger partial charge in [-0.1, -0.05) is 43.6 Å². The first-order chi connectivity index (χ1) is 11.9. The fraction of sp³-hybridized carbons (Fsp3) is 0.526. The van der Waals surface area contributed by atoms with Crippen LogP contribution in [0.4, 0.5) is 5.69 Å². The minimum atomic E-state index is -0.160. The van der Waals surface area contributed by atoms with Crippen molar-refractivity contribution < 1.29 is 9.32 Å². The number of aromatic nitrogens is 2. The van der Waals surface area contributed by atoms with Gasteiger partial charge in [-0.3, -0.25) is 4.79 Å². The molecule has 1 aromatic carbocycles. The summed E-state index contributed by atoms with van der Waals surface area (Å²) in [4.78, 5) is 19.1. The predicted molar refractivity (Wildman–Crippen MR) is 98.1 cm³/mol. The molecule has 0 spiro atoms. The maximum atomic E-state index is 12.8. The highest BCUT2D eigenvalue weighted by molar-refractivity contribution is 6.31. The van der Waals surface area contributed by atoms with Crippen molar-refractivity contribution in [2.45, 2.75) is 58.3 Å². The molecule has 0 aliphatic carbocycles. The zero-order valence-corrected chi connectivity index (χ0v) is 15.8. The lowest BCUT2D eigenvalue weighted by molar-refractivity contribution is -0.118. The van der Waals surface area contributed by atoms with Gasteiger partial charge in [0.15, 0.2) is 5.82 Å². The molecule has 3 rings (SSSR count). The van der Waals surface area contributed by atoms with Crippen LogP contribution < -0.4 is 4.90 Å². The second-order valence-corrected chi connectivity index (χ2v) is 7.91. The fourth-order valence-corrected chi connectivity index (χ4v) is 3.27. The minimum absolute atomic E-state index is 0.0703. The molecule has 134 valence electrons. The Hall–Kier alpha value is -1.88. The van der Waals surface area contributed by atoms with Crippen molar-refractivity contribution in [1.82, 2.24) is 10.1 Å². The Bertz CT molecular complexity index is 764. The number of amides is 1. The molecular formula is C19H24ClN3O2. The quantitative estimate of drug-likeness (QED) is 0.816. The van der Waals surface area contributed by atoms with Crippen molar-refractivity contribution in [2.24, 2.45) is 0 Å². The van der Waals surface area contributed by atoms with Gasteiger partial charge in [-0.15, -0.1) is 0 Å². The van der Waals surface area contributed by atoms with Crippen LogP contribution in [0.3, 0.4) is 0 Å². The molecule has 2 aromatic rings. The molecule has 0 atom stereocenters. The number of nitrogens with zero attached hydrogens (tertiary/aromatic N) is 3. The molecule has 0 fully saturated rings. The van der Waals surface area contributed by atoms with E-state index in [-0.39, 0.29) is 11.3 Å². The number of anilines is 1. The van der Waals surface area contributed by atoms with Gasteiger partial charge in [0.1, 0.15) is 0 Å². The minimum Gasteiger partial charge on any atom is -0.339 e. The van der Waals surface area contributed by atoms with Crippen LogP contribution in [0.25, 0.3) is 0 Å². The summed E-state index contributed by atoms with van der Waals surface area (Å²) < 4.78 is 5.29. The summed E-state index contributed by atoms with van der Waals surface area (Å²) in [5, 5.41) is 4.75. The van der Waals surface area contributed by atoms with Crippen molar-refractivity contribution in [3.05, 3.63) is 40.5 Å². The average molecular weight is 362 g/mol. The number of fused-ring (bicyclic) bond motifs is 1. The first kappa shape index (κ1) is 17.9. The summed E-state index contributed by atoms with van der Waals surface area (Å²) in [5.41, 5.74) is 1.85. The number of hydrogen-bond donors (Lipinski definition) is 0. The Morgan fingerprint density at radius 2 is 2.12 bits per heavy atom. The molecule has 1 aliphatic rings. The summed E-state index contributed by atoms with van der Waals surface area (Å²) in [6, 6.07) is 5.77. The smallest absolute Gasteiger partial charge is 0.227 e. The molecule has 2 heterocycles. The van der Waals surface area contributed by atoms with Crippen molar-refractivity contribution in [2.75, 3.05) is 11.4 Å². The Balaban J connectivity index is 1.71. The fourth-order valence-electron chi connectivity index (χ4n) is 3.01. The van der Waals surface area contributed by atoms with Gasteiger partial charge in [0, 0.05) is 35.5 Å². The van der Waals surface area contributed by atoms with Gasteiger partial charge in [0.25, 0.3) is 0 Å². The first-order valence-electron chi connectivity index (χ1n) is 8.77. The lowest BCUT2D eigenvalue weighted by Crippen LogP contribution is -2.32. The SMILES string of the molecule is CC(C)(C)c1noc(CCC(=O)N2CCCCc3c(Cl)cccc32)n1. The van der Waals surface area contributed by atoms with Gasteiger partial charge >= 0.3 is 0 Å². The topological polar surface area (TPSA) is 59.2 Å². The van der Waals surface area contributed by atoms with Crippen molar-refractivity contribution in [1.29, 1.82) is 0 Å². The number of aryl methyl sites for hydroxylation is 1. The van der Waals surface area contributed by atoms with Crippen LogP contribution in [0, 0.1) is 0 Å². The number of benzene rings is 1. The Kier molecular flexibility index (Phi) is 5.13. The van der Waals surface area contributed by atoms with Gasteiger partial charge in [0.2, 0.25) is 11.8 Å². The van der Waals surface area contributed by atoms with E-state index in [0.717, 1.165) is 42.1 Å². The monoisotopic (exact) mass is 361 g/mol. The lowest BCUT2D eigenvalue weighted by Gasteiger charge is -2.23. The van der Waals surface area contributed by atoms with Crippen LogP contribution in [0.15, 0.2) is 22.7 Å². The molecule has 25 heavy (non-hydrogen) atoms. The molecule has 0 N–H and O–H groups in total. The van der Waals surface area contributed by atoms with E-state index in [0.29, 0.717) is 24.6 Å². The lowest BCUT2D eigenvalue weighted by atomic mass is 9.96. The molecule has 0 saturated heterocycles. The average Bonchev–Trinajstić information content (AvgIpc) is 2.93. The molecule has 6 heteroatoms. The van der Waals surface area contributed by atoms with Gasteiger partial charge < -0.3 is 9.42 Å². The third kappa shape index (κ3) is 4.03. The Morgan fingerprint density at radius 1 is 1.32 bits per heavy atom. The number of rotatable bonds is 3. The second kappa shape index (κ2) is 7.16. The highest BCUT2D eigenvalue weighted by atomic mass is 35.5. The van der Waals surface area contributed by atoms with Crippen LogP contribution in [-0.2, 0) is 23.1 Å². The van der Waals surface area contributed by atoms with E-state index in [1.165, 1.54) is 0 Å². The maximum Gasteiger partial charge on any atom is 0.227 e. The van der Waals surface area contributed by atoms with E-state index in [1.807, 2.05) is 43.9 Å². The highest BCUT2D eigenvalue weighted by Crippen LogP contribution is 2.32. The van der Waals surface area contributed by atoms with Crippen LogP contribution in [-0.4, -0.2) is 22.6 Å². The summed E-state index contributed by atoms with van der Waals surface area (Å²) in [5.74, 6) is 1.25.